The zero-order valence-corrected chi connectivity index (χ0v) is 19.6. The highest BCUT2D eigenvalue weighted by atomic mass is 127. The third kappa shape index (κ3) is 7.18. The summed E-state index contributed by atoms with van der Waals surface area (Å²) in [6, 6.07) is 24.2. The third-order valence-corrected chi connectivity index (χ3v) is 5.56. The molecule has 0 spiro atoms. The molecule has 0 saturated carbocycles. The summed E-state index contributed by atoms with van der Waals surface area (Å²) in [6.07, 6.45) is -3.17. The van der Waals surface area contributed by atoms with Crippen LogP contribution in [0, 0.1) is 0 Å². The van der Waals surface area contributed by atoms with Gasteiger partial charge in [-0.2, -0.15) is 8.78 Å². The average Bonchev–Trinajstić information content (AvgIpc) is 2.75. The van der Waals surface area contributed by atoms with E-state index in [0.717, 1.165) is 22.6 Å². The minimum Gasteiger partial charge on any atom is -0.457 e. The highest BCUT2D eigenvalue weighted by molar-refractivity contribution is 14.1. The number of ether oxygens (including phenoxy) is 3. The number of hydrogen-bond donors (Lipinski definition) is 0. The lowest BCUT2D eigenvalue weighted by atomic mass is 9.85. The molecule has 6 heteroatoms. The number of benzene rings is 3. The lowest BCUT2D eigenvalue weighted by Gasteiger charge is -2.25. The Labute approximate surface area is 195 Å². The molecule has 0 N–H and O–H groups in total. The van der Waals surface area contributed by atoms with Gasteiger partial charge in [0.2, 0.25) is 0 Å². The Morgan fingerprint density at radius 2 is 1.48 bits per heavy atom. The molecule has 164 valence electrons. The van der Waals surface area contributed by atoms with Crippen molar-refractivity contribution in [2.24, 2.45) is 0 Å². The Kier molecular flexibility index (Phi) is 7.89. The maximum Gasteiger partial charge on any atom is 0.407 e. The Balaban J connectivity index is 1.55. The van der Waals surface area contributed by atoms with Gasteiger partial charge in [0.1, 0.15) is 21.7 Å². The largest absolute Gasteiger partial charge is 0.457 e. The van der Waals surface area contributed by atoms with Gasteiger partial charge in [-0.15, -0.1) is 0 Å². The van der Waals surface area contributed by atoms with Gasteiger partial charge in [0, 0.05) is 5.41 Å². The van der Waals surface area contributed by atoms with Crippen LogP contribution < -0.4 is 9.47 Å². The molecule has 0 aliphatic heterocycles. The van der Waals surface area contributed by atoms with E-state index in [4.69, 9.17) is 14.2 Å². The fourth-order valence-electron chi connectivity index (χ4n) is 3.00. The predicted molar refractivity (Wildman–Crippen MR) is 127 cm³/mol. The molecule has 0 aliphatic rings. The Morgan fingerprint density at radius 1 is 0.806 bits per heavy atom. The van der Waals surface area contributed by atoms with E-state index in [2.05, 4.69) is 13.8 Å². The van der Waals surface area contributed by atoms with Crippen LogP contribution in [0.5, 0.6) is 17.2 Å². The minimum atomic E-state index is -3.17. The van der Waals surface area contributed by atoms with Gasteiger partial charge < -0.3 is 14.2 Å². The molecule has 0 unspecified atom stereocenters. The first-order valence-electron chi connectivity index (χ1n) is 9.90. The zero-order chi connectivity index (χ0) is 22.3. The second kappa shape index (κ2) is 10.4. The summed E-state index contributed by atoms with van der Waals surface area (Å²) < 4.78 is 42.9. The van der Waals surface area contributed by atoms with Crippen LogP contribution in [0.25, 0.3) is 0 Å². The summed E-state index contributed by atoms with van der Waals surface area (Å²) in [6.45, 7) is 5.02. The van der Waals surface area contributed by atoms with Crippen LogP contribution in [0.15, 0.2) is 78.9 Å². The zero-order valence-electron chi connectivity index (χ0n) is 17.5. The van der Waals surface area contributed by atoms with E-state index in [9.17, 15) is 8.78 Å². The minimum absolute atomic E-state index is 0.150. The van der Waals surface area contributed by atoms with Gasteiger partial charge >= 0.3 is 6.11 Å². The van der Waals surface area contributed by atoms with E-state index < -0.39 is 10.5 Å². The fourth-order valence-corrected chi connectivity index (χ4v) is 3.16. The molecule has 0 fully saturated rings. The number of para-hydroxylation sites is 1. The molecule has 0 aliphatic carbocycles. The summed E-state index contributed by atoms with van der Waals surface area (Å²) in [7, 11) is 0. The van der Waals surface area contributed by atoms with Gasteiger partial charge in [-0.1, -0.05) is 78.9 Å². The molecule has 0 bridgehead atoms. The molecule has 3 aromatic rings. The molecule has 3 aromatic carbocycles. The maximum absolute atomic E-state index is 13.4. The van der Waals surface area contributed by atoms with Gasteiger partial charge in [0.15, 0.2) is 0 Å². The number of rotatable bonds is 10. The van der Waals surface area contributed by atoms with E-state index in [-0.39, 0.29) is 11.2 Å². The SMILES string of the molecule is CC(C)(COCc1cccc(Oc2ccccc2)c1)c1ccc(OC(F)(F)CI)cc1. The van der Waals surface area contributed by atoms with Gasteiger partial charge in [0.25, 0.3) is 0 Å². The summed E-state index contributed by atoms with van der Waals surface area (Å²) in [5, 5.41) is 0. The second-order valence-corrected chi connectivity index (χ2v) is 8.60. The lowest BCUT2D eigenvalue weighted by Crippen LogP contribution is -2.26. The van der Waals surface area contributed by atoms with E-state index in [1.165, 1.54) is 0 Å². The van der Waals surface area contributed by atoms with Crippen molar-refractivity contribution in [2.75, 3.05) is 11.0 Å². The van der Waals surface area contributed by atoms with E-state index in [1.807, 2.05) is 54.6 Å². The molecule has 0 heterocycles. The normalized spacial score (nSPS) is 11.9. The van der Waals surface area contributed by atoms with Crippen LogP contribution in [0.3, 0.4) is 0 Å². The Morgan fingerprint density at radius 3 is 2.16 bits per heavy atom. The van der Waals surface area contributed by atoms with Crippen LogP contribution in [0.4, 0.5) is 8.78 Å². The monoisotopic (exact) mass is 538 g/mol. The highest BCUT2D eigenvalue weighted by Crippen LogP contribution is 2.29. The number of hydrogen-bond acceptors (Lipinski definition) is 3. The van der Waals surface area contributed by atoms with E-state index in [0.29, 0.717) is 13.2 Å². The van der Waals surface area contributed by atoms with Crippen molar-refractivity contribution in [3.05, 3.63) is 90.0 Å². The Hall–Kier alpha value is -2.19. The fraction of sp³-hybridized carbons (Fsp3) is 0.280. The quantitative estimate of drug-likeness (QED) is 0.199. The molecular weight excluding hydrogens is 513 g/mol. The summed E-state index contributed by atoms with van der Waals surface area (Å²) in [4.78, 5) is 0. The molecule has 0 atom stereocenters. The first-order chi connectivity index (χ1) is 14.8. The number of halogens is 3. The first kappa shape index (κ1) is 23.5. The topological polar surface area (TPSA) is 27.7 Å². The van der Waals surface area contributed by atoms with Crippen molar-refractivity contribution in [3.8, 4) is 17.2 Å². The predicted octanol–water partition coefficient (Wildman–Crippen LogP) is 7.38. The van der Waals surface area contributed by atoms with Crippen molar-refractivity contribution >= 4 is 22.6 Å². The van der Waals surface area contributed by atoms with Crippen molar-refractivity contribution < 1.29 is 23.0 Å². The van der Waals surface area contributed by atoms with Crippen molar-refractivity contribution in [3.63, 3.8) is 0 Å². The van der Waals surface area contributed by atoms with Crippen LogP contribution in [-0.4, -0.2) is 17.1 Å². The van der Waals surface area contributed by atoms with Crippen molar-refractivity contribution in [1.29, 1.82) is 0 Å². The number of alkyl halides is 3. The van der Waals surface area contributed by atoms with Crippen LogP contribution in [0.1, 0.15) is 25.0 Å². The van der Waals surface area contributed by atoms with Gasteiger partial charge in [-0.25, -0.2) is 0 Å². The molecule has 0 radical (unpaired) electrons. The molecular formula is C25H25F2IO3. The Bertz CT molecular complexity index is 960. The van der Waals surface area contributed by atoms with Gasteiger partial charge in [-0.05, 0) is 47.5 Å². The average molecular weight is 538 g/mol. The first-order valence-corrected chi connectivity index (χ1v) is 11.4. The highest BCUT2D eigenvalue weighted by Gasteiger charge is 2.30. The second-order valence-electron chi connectivity index (χ2n) is 7.84. The van der Waals surface area contributed by atoms with Crippen LogP contribution in [0.2, 0.25) is 0 Å². The molecule has 31 heavy (non-hydrogen) atoms. The van der Waals surface area contributed by atoms with Crippen LogP contribution in [-0.2, 0) is 16.8 Å². The smallest absolute Gasteiger partial charge is 0.407 e. The lowest BCUT2D eigenvalue weighted by molar-refractivity contribution is -0.151. The summed E-state index contributed by atoms with van der Waals surface area (Å²) >= 11 is 1.60. The third-order valence-electron chi connectivity index (χ3n) is 4.67. The van der Waals surface area contributed by atoms with Gasteiger partial charge in [0.05, 0.1) is 13.2 Å². The summed E-state index contributed by atoms with van der Waals surface area (Å²) in [5.41, 5.74) is 1.70. The van der Waals surface area contributed by atoms with Crippen molar-refractivity contribution in [2.45, 2.75) is 32.0 Å². The standard InChI is InChI=1S/C25H25F2IO3/c1-24(2,20-11-13-22(14-12-20)31-25(26,27)17-28)18-29-16-19-7-6-10-23(15-19)30-21-8-4-3-5-9-21/h3-15H,16-18H2,1-2H3. The van der Waals surface area contributed by atoms with Crippen molar-refractivity contribution in [1.82, 2.24) is 0 Å². The van der Waals surface area contributed by atoms with Gasteiger partial charge in [-0.3, -0.25) is 0 Å². The molecule has 3 nitrogen and oxygen atoms in total. The molecule has 3 rings (SSSR count). The molecule has 0 saturated heterocycles. The maximum atomic E-state index is 13.4. The van der Waals surface area contributed by atoms with E-state index in [1.54, 1.807) is 46.9 Å². The van der Waals surface area contributed by atoms with E-state index >= 15 is 0 Å². The summed E-state index contributed by atoms with van der Waals surface area (Å²) in [5.74, 6) is 1.69. The van der Waals surface area contributed by atoms with Crippen LogP contribution >= 0.6 is 22.6 Å². The molecule has 0 amide bonds. The molecule has 0 aromatic heterocycles.